The molecule has 3 atom stereocenters. The normalized spacial score (nSPS) is 28.6. The van der Waals surface area contributed by atoms with E-state index in [1.165, 1.54) is 0 Å². The second-order valence-electron chi connectivity index (χ2n) is 9.62. The lowest BCUT2D eigenvalue weighted by Crippen LogP contribution is -2.46. The van der Waals surface area contributed by atoms with Crippen molar-refractivity contribution in [3.05, 3.63) is 23.8 Å². The van der Waals surface area contributed by atoms with Crippen molar-refractivity contribution in [3.8, 4) is 11.5 Å². The maximum Gasteiger partial charge on any atom is 0.254 e. The predicted molar refractivity (Wildman–Crippen MR) is 118 cm³/mol. The van der Waals surface area contributed by atoms with Crippen LogP contribution in [0.1, 0.15) is 43.0 Å². The molecule has 0 radical (unpaired) electrons. The molecule has 1 spiro atoms. The fraction of sp³-hybridized carbons (Fsp3) is 0.708. The smallest absolute Gasteiger partial charge is 0.254 e. The summed E-state index contributed by atoms with van der Waals surface area (Å²) in [5, 5.41) is 10.2. The predicted octanol–water partition coefficient (Wildman–Crippen LogP) is 2.42. The minimum absolute atomic E-state index is 0.0268. The van der Waals surface area contributed by atoms with Gasteiger partial charge in [-0.05, 0) is 55.7 Å². The average molecular weight is 433 g/mol. The van der Waals surface area contributed by atoms with E-state index >= 15 is 0 Å². The molecular weight excluding hydrogens is 396 g/mol. The summed E-state index contributed by atoms with van der Waals surface area (Å²) in [5.74, 6) is 1.67. The van der Waals surface area contributed by atoms with E-state index in [1.54, 1.807) is 32.4 Å². The molecule has 3 heterocycles. The number of nitrogens with zero attached hydrogens (tertiary/aromatic N) is 2. The lowest BCUT2D eigenvalue weighted by molar-refractivity contribution is 0.000908. The summed E-state index contributed by atoms with van der Waals surface area (Å²) < 4.78 is 16.8. The van der Waals surface area contributed by atoms with Crippen molar-refractivity contribution in [1.29, 1.82) is 0 Å². The molecule has 4 rings (SSSR count). The molecule has 0 aromatic heterocycles. The van der Waals surface area contributed by atoms with Crippen LogP contribution in [-0.4, -0.2) is 86.6 Å². The highest BCUT2D eigenvalue weighted by molar-refractivity contribution is 5.95. The molecule has 3 fully saturated rings. The minimum Gasteiger partial charge on any atom is -0.497 e. The third-order valence-corrected chi connectivity index (χ3v) is 7.46. The highest BCUT2D eigenvalue weighted by atomic mass is 16.5. The number of hydrogen-bond acceptors (Lipinski definition) is 6. The van der Waals surface area contributed by atoms with Gasteiger partial charge in [-0.3, -0.25) is 9.69 Å². The summed E-state index contributed by atoms with van der Waals surface area (Å²) in [4.78, 5) is 17.4. The van der Waals surface area contributed by atoms with E-state index in [9.17, 15) is 9.90 Å². The van der Waals surface area contributed by atoms with Crippen molar-refractivity contribution >= 4 is 5.91 Å². The van der Waals surface area contributed by atoms with Gasteiger partial charge in [0.1, 0.15) is 11.5 Å². The van der Waals surface area contributed by atoms with Gasteiger partial charge in [0.15, 0.2) is 0 Å². The van der Waals surface area contributed by atoms with E-state index in [0.717, 1.165) is 65.0 Å². The molecule has 31 heavy (non-hydrogen) atoms. The molecule has 0 saturated carbocycles. The molecule has 1 aromatic rings. The minimum atomic E-state index is -0.228. The standard InChI is InChI=1S/C24H36N2O5/c1-17-4-7-25(15-22(17)27)14-21-13-24(16-31-21)5-8-26(9-6-24)23(28)18-10-19(29-2)12-20(11-18)30-3/h10-12,17,21-22,27H,4-9,13-16H2,1-3H3/t17-,21+,22-/m1/s1. The van der Waals surface area contributed by atoms with Gasteiger partial charge in [0.2, 0.25) is 0 Å². The molecule has 1 N–H and O–H groups in total. The van der Waals surface area contributed by atoms with Gasteiger partial charge in [-0.2, -0.15) is 0 Å². The molecular formula is C24H36N2O5. The van der Waals surface area contributed by atoms with Crippen molar-refractivity contribution in [2.45, 2.75) is 44.8 Å². The van der Waals surface area contributed by atoms with Crippen molar-refractivity contribution in [2.24, 2.45) is 11.3 Å². The van der Waals surface area contributed by atoms with E-state index in [-0.39, 0.29) is 23.5 Å². The molecule has 0 bridgehead atoms. The quantitative estimate of drug-likeness (QED) is 0.771. The maximum absolute atomic E-state index is 13.1. The van der Waals surface area contributed by atoms with Gasteiger partial charge in [0, 0.05) is 37.8 Å². The van der Waals surface area contributed by atoms with Gasteiger partial charge in [-0.1, -0.05) is 6.92 Å². The first-order valence-corrected chi connectivity index (χ1v) is 11.5. The van der Waals surface area contributed by atoms with Crippen molar-refractivity contribution in [3.63, 3.8) is 0 Å². The zero-order valence-electron chi connectivity index (χ0n) is 19.0. The summed E-state index contributed by atoms with van der Waals surface area (Å²) in [7, 11) is 3.19. The van der Waals surface area contributed by atoms with Gasteiger partial charge in [-0.25, -0.2) is 0 Å². The Hall–Kier alpha value is -1.83. The van der Waals surface area contributed by atoms with Crippen LogP contribution in [0.5, 0.6) is 11.5 Å². The summed E-state index contributed by atoms with van der Waals surface area (Å²) in [5.41, 5.74) is 0.778. The number of amides is 1. The Morgan fingerprint density at radius 1 is 1.16 bits per heavy atom. The number of likely N-dealkylation sites (tertiary alicyclic amines) is 2. The third-order valence-electron chi connectivity index (χ3n) is 7.46. The van der Waals surface area contributed by atoms with Crippen molar-refractivity contribution in [1.82, 2.24) is 9.80 Å². The molecule has 3 aliphatic rings. The van der Waals surface area contributed by atoms with Crippen LogP contribution in [0.4, 0.5) is 0 Å². The number of piperidine rings is 2. The third kappa shape index (κ3) is 4.99. The fourth-order valence-electron chi connectivity index (χ4n) is 5.23. The Morgan fingerprint density at radius 3 is 2.45 bits per heavy atom. The highest BCUT2D eigenvalue weighted by Gasteiger charge is 2.43. The SMILES string of the molecule is COc1cc(OC)cc(C(=O)N2CCC3(CC2)CO[C@H](CN2CC[C@@H](C)[C@H](O)C2)C3)c1. The molecule has 7 heteroatoms. The number of methoxy groups -OCH3 is 2. The number of aliphatic hydroxyl groups excluding tert-OH is 1. The highest BCUT2D eigenvalue weighted by Crippen LogP contribution is 2.42. The summed E-state index contributed by atoms with van der Waals surface area (Å²) in [6.07, 6.45) is 4.03. The van der Waals surface area contributed by atoms with Crippen LogP contribution in [0, 0.1) is 11.3 Å². The Kier molecular flexibility index (Phi) is 6.74. The molecule has 1 aromatic carbocycles. The van der Waals surface area contributed by atoms with Gasteiger partial charge in [0.05, 0.1) is 33.0 Å². The monoisotopic (exact) mass is 432 g/mol. The zero-order valence-corrected chi connectivity index (χ0v) is 19.0. The average Bonchev–Trinajstić information content (AvgIpc) is 3.17. The van der Waals surface area contributed by atoms with Crippen LogP contribution in [-0.2, 0) is 4.74 Å². The lowest BCUT2D eigenvalue weighted by Gasteiger charge is -2.39. The number of hydrogen-bond donors (Lipinski definition) is 1. The molecule has 1 amide bonds. The van der Waals surface area contributed by atoms with E-state index < -0.39 is 0 Å². The van der Waals surface area contributed by atoms with Crippen LogP contribution in [0.3, 0.4) is 0 Å². The zero-order chi connectivity index (χ0) is 22.0. The van der Waals surface area contributed by atoms with Crippen molar-refractivity contribution < 1.29 is 24.1 Å². The second-order valence-corrected chi connectivity index (χ2v) is 9.62. The fourth-order valence-corrected chi connectivity index (χ4v) is 5.23. The van der Waals surface area contributed by atoms with E-state index in [4.69, 9.17) is 14.2 Å². The number of carbonyl (C=O) groups excluding carboxylic acids is 1. The van der Waals surface area contributed by atoms with Gasteiger partial charge < -0.3 is 24.2 Å². The molecule has 3 saturated heterocycles. The molecule has 7 nitrogen and oxygen atoms in total. The van der Waals surface area contributed by atoms with Gasteiger partial charge >= 0.3 is 0 Å². The Balaban J connectivity index is 1.31. The van der Waals surface area contributed by atoms with Crippen LogP contribution in [0.25, 0.3) is 0 Å². The maximum atomic E-state index is 13.1. The Bertz CT molecular complexity index is 755. The van der Waals surface area contributed by atoms with E-state index in [0.29, 0.717) is 23.0 Å². The number of ether oxygens (including phenoxy) is 3. The molecule has 172 valence electrons. The molecule has 0 aliphatic carbocycles. The Labute approximate surface area is 185 Å². The number of β-amino-alcohol motifs (C(OH)–C–C–N with tert-alkyl or cyclic N) is 1. The van der Waals surface area contributed by atoms with Gasteiger partial charge in [-0.15, -0.1) is 0 Å². The first kappa shape index (κ1) is 22.4. The van der Waals surface area contributed by atoms with Crippen LogP contribution in [0.2, 0.25) is 0 Å². The van der Waals surface area contributed by atoms with Crippen LogP contribution < -0.4 is 9.47 Å². The number of benzene rings is 1. The largest absolute Gasteiger partial charge is 0.497 e. The van der Waals surface area contributed by atoms with E-state index in [1.807, 2.05) is 4.90 Å². The number of carbonyl (C=O) groups is 1. The topological polar surface area (TPSA) is 71.5 Å². The van der Waals surface area contributed by atoms with Gasteiger partial charge in [0.25, 0.3) is 5.91 Å². The summed E-state index contributed by atoms with van der Waals surface area (Å²) in [6, 6.07) is 5.33. The first-order chi connectivity index (χ1) is 14.9. The summed E-state index contributed by atoms with van der Waals surface area (Å²) in [6.45, 7) is 7.08. The Morgan fingerprint density at radius 2 is 1.84 bits per heavy atom. The first-order valence-electron chi connectivity index (χ1n) is 11.5. The second kappa shape index (κ2) is 9.35. The van der Waals surface area contributed by atoms with Crippen molar-refractivity contribution in [2.75, 3.05) is 53.6 Å². The molecule has 3 aliphatic heterocycles. The number of rotatable bonds is 5. The molecule has 0 unspecified atom stereocenters. The van der Waals surface area contributed by atoms with E-state index in [2.05, 4.69) is 11.8 Å². The van der Waals surface area contributed by atoms with Crippen LogP contribution in [0.15, 0.2) is 18.2 Å². The summed E-state index contributed by atoms with van der Waals surface area (Å²) >= 11 is 0. The van der Waals surface area contributed by atoms with Crippen LogP contribution >= 0.6 is 0 Å². The lowest BCUT2D eigenvalue weighted by atomic mass is 9.76. The number of aliphatic hydroxyl groups is 1.